The van der Waals surface area contributed by atoms with Crippen LogP contribution in [0.3, 0.4) is 0 Å². The van der Waals surface area contributed by atoms with Gasteiger partial charge in [0.05, 0.1) is 11.1 Å². The summed E-state index contributed by atoms with van der Waals surface area (Å²) in [5.41, 5.74) is 9.87. The van der Waals surface area contributed by atoms with Gasteiger partial charge >= 0.3 is 0 Å². The average Bonchev–Trinajstić information content (AvgIpc) is 3.51. The van der Waals surface area contributed by atoms with Gasteiger partial charge in [-0.2, -0.15) is 0 Å². The van der Waals surface area contributed by atoms with Crippen LogP contribution in [-0.2, 0) is 0 Å². The second kappa shape index (κ2) is 10.8. The molecule has 0 atom stereocenters. The highest BCUT2D eigenvalue weighted by atomic mass is 16.3. The summed E-state index contributed by atoms with van der Waals surface area (Å²) in [7, 11) is 0. The lowest BCUT2D eigenvalue weighted by atomic mass is 9.95. The Labute approximate surface area is 267 Å². The lowest BCUT2D eigenvalue weighted by Crippen LogP contribution is -2.11. The third kappa shape index (κ3) is 4.35. The molecule has 0 radical (unpaired) electrons. The minimum atomic E-state index is 0.884. The van der Waals surface area contributed by atoms with Gasteiger partial charge < -0.3 is 9.32 Å². The molecular weight excluding hydrogens is 558 g/mol. The Hall–Kier alpha value is -6.12. The molecule has 8 aromatic carbocycles. The molecule has 0 amide bonds. The van der Waals surface area contributed by atoms with Crippen molar-refractivity contribution >= 4 is 60.5 Å². The van der Waals surface area contributed by atoms with Gasteiger partial charge in [0.2, 0.25) is 0 Å². The predicted molar refractivity (Wildman–Crippen MR) is 194 cm³/mol. The molecule has 46 heavy (non-hydrogen) atoms. The van der Waals surface area contributed by atoms with Crippen molar-refractivity contribution in [1.29, 1.82) is 0 Å². The van der Waals surface area contributed by atoms with Crippen LogP contribution in [0, 0.1) is 0 Å². The van der Waals surface area contributed by atoms with Crippen LogP contribution in [0.4, 0.5) is 17.1 Å². The topological polar surface area (TPSA) is 16.4 Å². The third-order valence-corrected chi connectivity index (χ3v) is 9.01. The van der Waals surface area contributed by atoms with E-state index in [4.69, 9.17) is 4.42 Å². The SMILES string of the molecule is c1ccc(-c2cccc(-c3ccc(N(c4ccccc4)c4c5c(ccc6ccccc65)cc5oc6ccccc6c45)cc3)c2)cc1. The van der Waals surface area contributed by atoms with Gasteiger partial charge in [-0.25, -0.2) is 0 Å². The van der Waals surface area contributed by atoms with E-state index in [9.17, 15) is 0 Å². The first-order valence-corrected chi connectivity index (χ1v) is 15.7. The number of benzene rings is 8. The molecule has 1 aromatic heterocycles. The first kappa shape index (κ1) is 26.3. The minimum absolute atomic E-state index is 0.884. The number of hydrogen-bond acceptors (Lipinski definition) is 2. The van der Waals surface area contributed by atoms with Crippen molar-refractivity contribution in [1.82, 2.24) is 0 Å². The maximum Gasteiger partial charge on any atom is 0.138 e. The lowest BCUT2D eigenvalue weighted by Gasteiger charge is -2.28. The first-order chi connectivity index (χ1) is 22.8. The normalized spacial score (nSPS) is 11.5. The van der Waals surface area contributed by atoms with Crippen LogP contribution in [0.15, 0.2) is 180 Å². The fourth-order valence-electron chi connectivity index (χ4n) is 6.87. The van der Waals surface area contributed by atoms with E-state index in [-0.39, 0.29) is 0 Å². The summed E-state index contributed by atoms with van der Waals surface area (Å²) in [6, 6.07) is 62.7. The summed E-state index contributed by atoms with van der Waals surface area (Å²) in [6.45, 7) is 0. The monoisotopic (exact) mass is 587 g/mol. The Morgan fingerprint density at radius 3 is 1.72 bits per heavy atom. The number of fused-ring (bicyclic) bond motifs is 6. The molecule has 216 valence electrons. The zero-order chi connectivity index (χ0) is 30.5. The zero-order valence-corrected chi connectivity index (χ0v) is 25.1. The molecule has 0 fully saturated rings. The highest BCUT2D eigenvalue weighted by Crippen LogP contribution is 2.49. The highest BCUT2D eigenvalue weighted by Gasteiger charge is 2.23. The number of anilines is 3. The van der Waals surface area contributed by atoms with E-state index in [1.165, 1.54) is 38.4 Å². The van der Waals surface area contributed by atoms with Crippen LogP contribution in [0.2, 0.25) is 0 Å². The smallest absolute Gasteiger partial charge is 0.138 e. The van der Waals surface area contributed by atoms with Crippen molar-refractivity contribution in [2.45, 2.75) is 0 Å². The number of nitrogens with zero attached hydrogens (tertiary/aromatic N) is 1. The number of rotatable bonds is 5. The molecule has 0 N–H and O–H groups in total. The molecule has 9 rings (SSSR count). The largest absolute Gasteiger partial charge is 0.456 e. The maximum atomic E-state index is 6.53. The van der Waals surface area contributed by atoms with E-state index >= 15 is 0 Å². The van der Waals surface area contributed by atoms with Gasteiger partial charge in [-0.15, -0.1) is 0 Å². The molecule has 2 heteroatoms. The maximum absolute atomic E-state index is 6.53. The summed E-state index contributed by atoms with van der Waals surface area (Å²) in [6.07, 6.45) is 0. The van der Waals surface area contributed by atoms with E-state index in [1.807, 2.05) is 6.07 Å². The molecule has 0 spiro atoms. The van der Waals surface area contributed by atoms with Gasteiger partial charge in [0.1, 0.15) is 11.2 Å². The van der Waals surface area contributed by atoms with Gasteiger partial charge in [0.15, 0.2) is 0 Å². The molecular formula is C44H29NO. The molecule has 0 unspecified atom stereocenters. The Morgan fingerprint density at radius 1 is 0.348 bits per heavy atom. The Kier molecular flexibility index (Phi) is 6.17. The molecule has 1 heterocycles. The average molecular weight is 588 g/mol. The van der Waals surface area contributed by atoms with Crippen LogP contribution in [-0.4, -0.2) is 0 Å². The minimum Gasteiger partial charge on any atom is -0.456 e. The lowest BCUT2D eigenvalue weighted by molar-refractivity contribution is 0.669. The van der Waals surface area contributed by atoms with Crippen LogP contribution in [0.1, 0.15) is 0 Å². The molecule has 0 saturated carbocycles. The predicted octanol–water partition coefficient (Wildman–Crippen LogP) is 12.7. The fraction of sp³-hybridized carbons (Fsp3) is 0. The fourth-order valence-corrected chi connectivity index (χ4v) is 6.87. The molecule has 0 saturated heterocycles. The second-order valence-electron chi connectivity index (χ2n) is 11.7. The van der Waals surface area contributed by atoms with E-state index < -0.39 is 0 Å². The van der Waals surface area contributed by atoms with Crippen molar-refractivity contribution in [2.75, 3.05) is 4.90 Å². The second-order valence-corrected chi connectivity index (χ2v) is 11.7. The van der Waals surface area contributed by atoms with Gasteiger partial charge in [0, 0.05) is 22.1 Å². The van der Waals surface area contributed by atoms with E-state index in [0.29, 0.717) is 0 Å². The quantitative estimate of drug-likeness (QED) is 0.186. The third-order valence-electron chi connectivity index (χ3n) is 9.01. The number of para-hydroxylation sites is 2. The highest BCUT2D eigenvalue weighted by molar-refractivity contribution is 6.27. The molecule has 9 aromatic rings. The van der Waals surface area contributed by atoms with Gasteiger partial charge in [-0.05, 0) is 80.9 Å². The number of hydrogen-bond donors (Lipinski definition) is 0. The van der Waals surface area contributed by atoms with Crippen LogP contribution >= 0.6 is 0 Å². The van der Waals surface area contributed by atoms with Crippen LogP contribution < -0.4 is 4.90 Å². The van der Waals surface area contributed by atoms with E-state index in [2.05, 4.69) is 175 Å². The Morgan fingerprint density at radius 2 is 0.935 bits per heavy atom. The van der Waals surface area contributed by atoms with Crippen molar-refractivity contribution < 1.29 is 4.42 Å². The van der Waals surface area contributed by atoms with Crippen molar-refractivity contribution in [3.05, 3.63) is 176 Å². The van der Waals surface area contributed by atoms with Crippen molar-refractivity contribution in [3.8, 4) is 22.3 Å². The molecule has 0 aliphatic rings. The van der Waals surface area contributed by atoms with Crippen molar-refractivity contribution in [2.24, 2.45) is 0 Å². The summed E-state index contributed by atoms with van der Waals surface area (Å²) in [5, 5.41) is 7.01. The van der Waals surface area contributed by atoms with E-state index in [1.54, 1.807) is 0 Å². The molecule has 0 aliphatic heterocycles. The molecule has 0 aliphatic carbocycles. The van der Waals surface area contributed by atoms with Gasteiger partial charge in [0.25, 0.3) is 0 Å². The summed E-state index contributed by atoms with van der Waals surface area (Å²) in [4.78, 5) is 2.41. The molecule has 0 bridgehead atoms. The number of furan rings is 1. The molecule has 2 nitrogen and oxygen atoms in total. The van der Waals surface area contributed by atoms with Crippen LogP contribution in [0.5, 0.6) is 0 Å². The standard InChI is InChI=1S/C44H29NO/c1-3-12-30(13-4-1)33-15-11-16-34(28-33)31-24-26-37(27-25-31)45(36-17-5-2-6-18-36)44-42-35(23-22-32-14-7-8-19-38(32)42)29-41-43(44)39-20-9-10-21-40(39)46-41/h1-29H. The Bertz CT molecular complexity index is 2510. The summed E-state index contributed by atoms with van der Waals surface area (Å²) >= 11 is 0. The van der Waals surface area contributed by atoms with Gasteiger partial charge in [-0.3, -0.25) is 0 Å². The Balaban J connectivity index is 1.30. The first-order valence-electron chi connectivity index (χ1n) is 15.7. The van der Waals surface area contributed by atoms with E-state index in [0.717, 1.165) is 44.4 Å². The van der Waals surface area contributed by atoms with Crippen molar-refractivity contribution in [3.63, 3.8) is 0 Å². The summed E-state index contributed by atoms with van der Waals surface area (Å²) < 4.78 is 6.53. The summed E-state index contributed by atoms with van der Waals surface area (Å²) in [5.74, 6) is 0. The van der Waals surface area contributed by atoms with Crippen LogP contribution in [0.25, 0.3) is 65.7 Å². The van der Waals surface area contributed by atoms with Gasteiger partial charge in [-0.1, -0.05) is 133 Å². The zero-order valence-electron chi connectivity index (χ0n) is 25.1.